The predicted octanol–water partition coefficient (Wildman–Crippen LogP) is 0.548. The number of nitrogens with zero attached hydrogens (tertiary/aromatic N) is 2. The Morgan fingerprint density at radius 1 is 1.50 bits per heavy atom. The minimum absolute atomic E-state index is 0.0429. The van der Waals surface area contributed by atoms with E-state index in [1.165, 1.54) is 11.8 Å². The number of halogens is 1. The topological polar surface area (TPSA) is 46.3 Å². The van der Waals surface area contributed by atoms with Crippen molar-refractivity contribution < 1.29 is 8.81 Å². The molecule has 4 nitrogen and oxygen atoms in total. The molecule has 1 aromatic rings. The molecule has 0 bridgehead atoms. The van der Waals surface area contributed by atoms with Crippen molar-refractivity contribution in [1.82, 2.24) is 4.98 Å². The molecular weight excluding hydrogens is 163 g/mol. The van der Waals surface area contributed by atoms with Gasteiger partial charge in [-0.05, 0) is 6.92 Å². The average Bonchev–Trinajstić information content (AvgIpc) is 1.99. The lowest BCUT2D eigenvalue weighted by atomic mass is 10.5. The minimum atomic E-state index is -0.930. The van der Waals surface area contributed by atoms with Crippen LogP contribution in [0.1, 0.15) is 5.76 Å². The molecule has 0 saturated carbocycles. The van der Waals surface area contributed by atoms with Gasteiger partial charge in [-0.25, -0.2) is 0 Å². The van der Waals surface area contributed by atoms with Gasteiger partial charge in [-0.3, -0.25) is 4.79 Å². The predicted molar refractivity (Wildman–Crippen MR) is 41.8 cm³/mol. The van der Waals surface area contributed by atoms with Crippen molar-refractivity contribution in [1.29, 1.82) is 0 Å². The maximum absolute atomic E-state index is 12.7. The molecule has 0 fully saturated rings. The largest absolute Gasteiger partial charge is 0.427 e. The summed E-state index contributed by atoms with van der Waals surface area (Å²) in [5.41, 5.74) is -0.887. The summed E-state index contributed by atoms with van der Waals surface area (Å²) in [6.45, 7) is 1.38. The van der Waals surface area contributed by atoms with E-state index >= 15 is 0 Å². The van der Waals surface area contributed by atoms with Crippen molar-refractivity contribution in [2.24, 2.45) is 0 Å². The third-order valence-electron chi connectivity index (χ3n) is 1.32. The second kappa shape index (κ2) is 2.92. The van der Waals surface area contributed by atoms with Gasteiger partial charge in [-0.2, -0.15) is 9.37 Å². The molecule has 12 heavy (non-hydrogen) atoms. The van der Waals surface area contributed by atoms with Gasteiger partial charge in [-0.15, -0.1) is 0 Å². The number of rotatable bonds is 1. The van der Waals surface area contributed by atoms with E-state index in [0.29, 0.717) is 0 Å². The van der Waals surface area contributed by atoms with E-state index in [2.05, 4.69) is 4.98 Å². The highest BCUT2D eigenvalue weighted by molar-refractivity contribution is 5.21. The molecule has 1 aromatic heterocycles. The first-order chi connectivity index (χ1) is 5.52. The van der Waals surface area contributed by atoms with Crippen LogP contribution in [0.2, 0.25) is 0 Å². The maximum Gasteiger partial charge on any atom is 0.313 e. The van der Waals surface area contributed by atoms with Gasteiger partial charge in [0.05, 0.1) is 0 Å². The van der Waals surface area contributed by atoms with E-state index in [1.807, 2.05) is 0 Å². The van der Waals surface area contributed by atoms with E-state index in [9.17, 15) is 9.18 Å². The van der Waals surface area contributed by atoms with Crippen molar-refractivity contribution in [2.45, 2.75) is 6.92 Å². The average molecular weight is 172 g/mol. The molecule has 5 heteroatoms. The Morgan fingerprint density at radius 3 is 2.50 bits per heavy atom. The summed E-state index contributed by atoms with van der Waals surface area (Å²) in [4.78, 5) is 15.6. The van der Waals surface area contributed by atoms with Gasteiger partial charge < -0.3 is 9.32 Å². The zero-order chi connectivity index (χ0) is 9.30. The number of hydrogen-bond donors (Lipinski definition) is 0. The maximum atomic E-state index is 12.7. The molecule has 0 amide bonds. The van der Waals surface area contributed by atoms with Crippen molar-refractivity contribution in [3.8, 4) is 0 Å². The fourth-order valence-electron chi connectivity index (χ4n) is 0.682. The molecule has 0 N–H and O–H groups in total. The highest BCUT2D eigenvalue weighted by Crippen LogP contribution is 2.08. The van der Waals surface area contributed by atoms with Crippen LogP contribution in [-0.4, -0.2) is 19.1 Å². The highest BCUT2D eigenvalue weighted by atomic mass is 19.1. The summed E-state index contributed by atoms with van der Waals surface area (Å²) < 4.78 is 17.6. The fraction of sp³-hybridized carbons (Fsp3) is 0.429. The molecule has 0 unspecified atom stereocenters. The molecule has 0 saturated heterocycles. The van der Waals surface area contributed by atoms with E-state index in [1.54, 1.807) is 14.1 Å². The van der Waals surface area contributed by atoms with Crippen molar-refractivity contribution >= 4 is 6.01 Å². The lowest BCUT2D eigenvalue weighted by Gasteiger charge is -2.08. The van der Waals surface area contributed by atoms with Gasteiger partial charge in [0.2, 0.25) is 5.82 Å². The van der Waals surface area contributed by atoms with Crippen LogP contribution in [0.4, 0.5) is 10.4 Å². The van der Waals surface area contributed by atoms with E-state index < -0.39 is 11.4 Å². The van der Waals surface area contributed by atoms with Gasteiger partial charge in [0.25, 0.3) is 6.01 Å². The van der Waals surface area contributed by atoms with Crippen molar-refractivity contribution in [2.75, 3.05) is 19.0 Å². The van der Waals surface area contributed by atoms with Gasteiger partial charge >= 0.3 is 5.56 Å². The summed E-state index contributed by atoms with van der Waals surface area (Å²) in [5, 5.41) is 0. The van der Waals surface area contributed by atoms with Crippen molar-refractivity contribution in [3.05, 3.63) is 21.9 Å². The molecule has 0 aromatic carbocycles. The third-order valence-corrected chi connectivity index (χ3v) is 1.32. The monoisotopic (exact) mass is 172 g/mol. The Hall–Kier alpha value is -1.39. The van der Waals surface area contributed by atoms with Gasteiger partial charge in [-0.1, -0.05) is 0 Å². The molecule has 0 atom stereocenters. The zero-order valence-corrected chi connectivity index (χ0v) is 7.09. The van der Waals surface area contributed by atoms with Gasteiger partial charge in [0.15, 0.2) is 0 Å². The molecule has 0 aliphatic heterocycles. The second-order valence-electron chi connectivity index (χ2n) is 2.57. The second-order valence-corrected chi connectivity index (χ2v) is 2.57. The normalized spacial score (nSPS) is 10.0. The number of anilines is 1. The van der Waals surface area contributed by atoms with Crippen molar-refractivity contribution in [3.63, 3.8) is 0 Å². The first-order valence-corrected chi connectivity index (χ1v) is 3.37. The third kappa shape index (κ3) is 1.44. The van der Waals surface area contributed by atoms with Crippen LogP contribution in [0.5, 0.6) is 0 Å². The van der Waals surface area contributed by atoms with E-state index in [4.69, 9.17) is 4.42 Å². The lowest BCUT2D eigenvalue weighted by molar-refractivity contribution is 0.436. The molecule has 1 rings (SSSR count). The highest BCUT2D eigenvalue weighted by Gasteiger charge is 2.09. The minimum Gasteiger partial charge on any atom is -0.427 e. The summed E-state index contributed by atoms with van der Waals surface area (Å²) in [7, 11) is 3.31. The summed E-state index contributed by atoms with van der Waals surface area (Å²) in [6, 6.07) is 0.110. The van der Waals surface area contributed by atoms with Crippen LogP contribution in [0, 0.1) is 12.7 Å². The molecule has 66 valence electrons. The molecule has 0 radical (unpaired) electrons. The quantitative estimate of drug-likeness (QED) is 0.620. The van der Waals surface area contributed by atoms with Crippen LogP contribution in [-0.2, 0) is 0 Å². The van der Waals surface area contributed by atoms with Gasteiger partial charge in [0.1, 0.15) is 5.76 Å². The summed E-state index contributed by atoms with van der Waals surface area (Å²) in [5.74, 6) is -0.973. The Labute approximate surface area is 68.6 Å². The smallest absolute Gasteiger partial charge is 0.313 e. The van der Waals surface area contributed by atoms with Gasteiger partial charge in [0, 0.05) is 14.1 Å². The van der Waals surface area contributed by atoms with Crippen LogP contribution >= 0.6 is 0 Å². The van der Waals surface area contributed by atoms with E-state index in [0.717, 1.165) is 0 Å². The Morgan fingerprint density at radius 2 is 2.08 bits per heavy atom. The first kappa shape index (κ1) is 8.70. The molecular formula is C7H9FN2O2. The summed E-state index contributed by atoms with van der Waals surface area (Å²) in [6.07, 6.45) is 0. The fourth-order valence-corrected chi connectivity index (χ4v) is 0.682. The molecule has 0 spiro atoms. The SMILES string of the molecule is Cc1oc(N(C)C)nc(=O)c1F. The Bertz CT molecular complexity index is 346. The lowest BCUT2D eigenvalue weighted by Crippen LogP contribution is -2.19. The first-order valence-electron chi connectivity index (χ1n) is 3.37. The number of aryl methyl sites for hydroxylation is 1. The number of hydrogen-bond acceptors (Lipinski definition) is 4. The Balaban J connectivity index is 3.31. The Kier molecular flexibility index (Phi) is 2.12. The van der Waals surface area contributed by atoms with Crippen LogP contribution < -0.4 is 10.5 Å². The standard InChI is InChI=1S/C7H9FN2O2/c1-4-5(8)6(11)9-7(12-4)10(2)3/h1-3H3. The summed E-state index contributed by atoms with van der Waals surface area (Å²) >= 11 is 0. The van der Waals surface area contributed by atoms with E-state index in [-0.39, 0.29) is 11.8 Å². The van der Waals surface area contributed by atoms with Crippen LogP contribution in [0.15, 0.2) is 9.21 Å². The molecule has 0 aliphatic carbocycles. The molecule has 1 heterocycles. The molecule has 0 aliphatic rings. The van der Waals surface area contributed by atoms with Crippen LogP contribution in [0.25, 0.3) is 0 Å². The zero-order valence-electron chi connectivity index (χ0n) is 7.09. The number of aromatic nitrogens is 1. The van der Waals surface area contributed by atoms with Crippen LogP contribution in [0.3, 0.4) is 0 Å².